The smallest absolute Gasteiger partial charge is 0.341 e. The third-order valence-corrected chi connectivity index (χ3v) is 3.31. The van der Waals surface area contributed by atoms with Gasteiger partial charge in [0.25, 0.3) is 5.91 Å². The van der Waals surface area contributed by atoms with Gasteiger partial charge in [-0.15, -0.1) is 0 Å². The van der Waals surface area contributed by atoms with E-state index in [0.717, 1.165) is 0 Å². The lowest BCUT2D eigenvalue weighted by Gasteiger charge is -2.07. The van der Waals surface area contributed by atoms with Crippen molar-refractivity contribution in [3.63, 3.8) is 0 Å². The Balaban J connectivity index is 2.16. The van der Waals surface area contributed by atoms with Crippen molar-refractivity contribution in [1.29, 1.82) is 5.26 Å². The molecule has 126 valence electrons. The zero-order valence-electron chi connectivity index (χ0n) is 12.9. The first-order valence-corrected chi connectivity index (χ1v) is 7.49. The summed E-state index contributed by atoms with van der Waals surface area (Å²) >= 11 is 6.02. The highest BCUT2D eigenvalue weighted by molar-refractivity contribution is 6.32. The van der Waals surface area contributed by atoms with E-state index in [0.29, 0.717) is 11.3 Å². The summed E-state index contributed by atoms with van der Waals surface area (Å²) in [5, 5.41) is 20.6. The number of carboxylic acid groups (broad SMARTS) is 1. The fourth-order valence-corrected chi connectivity index (χ4v) is 2.14. The van der Waals surface area contributed by atoms with Crippen LogP contribution in [0.5, 0.6) is 5.75 Å². The van der Waals surface area contributed by atoms with E-state index in [4.69, 9.17) is 21.4 Å². The Morgan fingerprint density at radius 1 is 1.24 bits per heavy atom. The fourth-order valence-electron chi connectivity index (χ4n) is 1.90. The normalized spacial score (nSPS) is 10.6. The number of carbonyl (C=O) groups is 2. The van der Waals surface area contributed by atoms with Gasteiger partial charge >= 0.3 is 5.97 Å². The van der Waals surface area contributed by atoms with Gasteiger partial charge in [0, 0.05) is 5.69 Å². The molecule has 2 N–H and O–H groups in total. The molecule has 0 radical (unpaired) electrons. The molecule has 0 aliphatic heterocycles. The molecule has 6 nitrogen and oxygen atoms in total. The molecule has 7 heteroatoms. The monoisotopic (exact) mass is 356 g/mol. The van der Waals surface area contributed by atoms with Crippen LogP contribution in [0.3, 0.4) is 0 Å². The van der Waals surface area contributed by atoms with Gasteiger partial charge in [0.2, 0.25) is 0 Å². The van der Waals surface area contributed by atoms with Gasteiger partial charge in [0.05, 0.1) is 5.02 Å². The van der Waals surface area contributed by atoms with Crippen LogP contribution in [0.4, 0.5) is 5.69 Å². The van der Waals surface area contributed by atoms with E-state index in [1.54, 1.807) is 30.3 Å². The largest absolute Gasteiger partial charge is 0.480 e. The van der Waals surface area contributed by atoms with E-state index < -0.39 is 18.5 Å². The molecule has 0 aliphatic rings. The summed E-state index contributed by atoms with van der Waals surface area (Å²) in [4.78, 5) is 22.7. The van der Waals surface area contributed by atoms with E-state index in [9.17, 15) is 14.9 Å². The van der Waals surface area contributed by atoms with Crippen LogP contribution >= 0.6 is 11.6 Å². The van der Waals surface area contributed by atoms with Gasteiger partial charge in [-0.2, -0.15) is 5.26 Å². The number of hydrogen-bond acceptors (Lipinski definition) is 4. The summed E-state index contributed by atoms with van der Waals surface area (Å²) in [6, 6.07) is 15.1. The summed E-state index contributed by atoms with van der Waals surface area (Å²) in [5.41, 5.74) is 0.982. The highest BCUT2D eigenvalue weighted by atomic mass is 35.5. The van der Waals surface area contributed by atoms with Crippen LogP contribution in [0.25, 0.3) is 6.08 Å². The van der Waals surface area contributed by atoms with Gasteiger partial charge in [-0.1, -0.05) is 35.9 Å². The van der Waals surface area contributed by atoms with Crippen LogP contribution in [-0.2, 0) is 9.59 Å². The second kappa shape index (κ2) is 8.52. The molecular formula is C18H13ClN2O4. The standard InChI is InChI=1S/C18H13ClN2O4/c19-15-9-12(6-7-16(15)25-11-17(22)23)8-13(10-20)18(24)21-14-4-2-1-3-5-14/h1-9H,11H2,(H,21,24)(H,22,23)/b13-8+. The van der Waals surface area contributed by atoms with Crippen LogP contribution in [0.2, 0.25) is 5.02 Å². The number of halogens is 1. The van der Waals surface area contributed by atoms with Crippen LogP contribution in [-0.4, -0.2) is 23.6 Å². The first kappa shape index (κ1) is 18.0. The van der Waals surface area contributed by atoms with Gasteiger partial charge in [-0.25, -0.2) is 4.79 Å². The zero-order valence-corrected chi connectivity index (χ0v) is 13.7. The van der Waals surface area contributed by atoms with Crippen molar-refractivity contribution < 1.29 is 19.4 Å². The predicted octanol–water partition coefficient (Wildman–Crippen LogP) is 3.35. The first-order valence-electron chi connectivity index (χ1n) is 7.12. The number of ether oxygens (including phenoxy) is 1. The molecule has 0 saturated heterocycles. The summed E-state index contributed by atoms with van der Waals surface area (Å²) in [7, 11) is 0. The molecule has 25 heavy (non-hydrogen) atoms. The Hall–Kier alpha value is -3.30. The maximum absolute atomic E-state index is 12.2. The highest BCUT2D eigenvalue weighted by Crippen LogP contribution is 2.26. The average Bonchev–Trinajstić information content (AvgIpc) is 2.59. The number of anilines is 1. The highest BCUT2D eigenvalue weighted by Gasteiger charge is 2.10. The van der Waals surface area contributed by atoms with Gasteiger partial charge in [-0.3, -0.25) is 4.79 Å². The molecule has 0 aromatic heterocycles. The Morgan fingerprint density at radius 2 is 1.96 bits per heavy atom. The molecule has 0 aliphatic carbocycles. The lowest BCUT2D eigenvalue weighted by Crippen LogP contribution is -2.13. The number of carbonyl (C=O) groups excluding carboxylic acids is 1. The number of rotatable bonds is 6. The molecule has 0 fully saturated rings. The summed E-state index contributed by atoms with van der Waals surface area (Å²) in [6.07, 6.45) is 1.38. The van der Waals surface area contributed by atoms with Crippen molar-refractivity contribution in [2.75, 3.05) is 11.9 Å². The number of hydrogen-bond donors (Lipinski definition) is 2. The van der Waals surface area contributed by atoms with Gasteiger partial charge in [0.15, 0.2) is 6.61 Å². The van der Waals surface area contributed by atoms with Crippen molar-refractivity contribution in [3.05, 3.63) is 64.7 Å². The summed E-state index contributed by atoms with van der Waals surface area (Å²) in [5.74, 6) is -1.46. The quantitative estimate of drug-likeness (QED) is 0.610. The molecule has 0 unspecified atom stereocenters. The second-order valence-corrected chi connectivity index (χ2v) is 5.27. The topological polar surface area (TPSA) is 99.4 Å². The van der Waals surface area contributed by atoms with E-state index in [1.807, 2.05) is 12.1 Å². The van der Waals surface area contributed by atoms with Crippen LogP contribution in [0, 0.1) is 11.3 Å². The molecular weight excluding hydrogens is 344 g/mol. The predicted molar refractivity (Wildman–Crippen MR) is 93.2 cm³/mol. The van der Waals surface area contributed by atoms with Crippen LogP contribution < -0.4 is 10.1 Å². The van der Waals surface area contributed by atoms with Gasteiger partial charge in [0.1, 0.15) is 17.4 Å². The van der Waals surface area contributed by atoms with Crippen LogP contribution in [0.15, 0.2) is 54.1 Å². The molecule has 0 saturated carbocycles. The lowest BCUT2D eigenvalue weighted by molar-refractivity contribution is -0.139. The summed E-state index contributed by atoms with van der Waals surface area (Å²) < 4.78 is 5.01. The molecule has 1 amide bonds. The fraction of sp³-hybridized carbons (Fsp3) is 0.0556. The number of nitriles is 1. The molecule has 2 aromatic rings. The zero-order chi connectivity index (χ0) is 18.2. The third-order valence-electron chi connectivity index (χ3n) is 3.01. The number of para-hydroxylation sites is 1. The number of benzene rings is 2. The Morgan fingerprint density at radius 3 is 2.56 bits per heavy atom. The third kappa shape index (κ3) is 5.37. The summed E-state index contributed by atoms with van der Waals surface area (Å²) in [6.45, 7) is -0.516. The number of nitrogens with zero attached hydrogens (tertiary/aromatic N) is 1. The number of carboxylic acids is 1. The van der Waals surface area contributed by atoms with Crippen molar-refractivity contribution in [3.8, 4) is 11.8 Å². The lowest BCUT2D eigenvalue weighted by atomic mass is 10.1. The first-order chi connectivity index (χ1) is 12.0. The van der Waals surface area contributed by atoms with Crippen molar-refractivity contribution in [2.24, 2.45) is 0 Å². The maximum atomic E-state index is 12.2. The minimum Gasteiger partial charge on any atom is -0.480 e. The minimum absolute atomic E-state index is 0.0980. The number of amides is 1. The average molecular weight is 357 g/mol. The Labute approximate surface area is 148 Å². The molecule has 0 heterocycles. The van der Waals surface area contributed by atoms with Crippen molar-refractivity contribution in [1.82, 2.24) is 0 Å². The molecule has 2 rings (SSSR count). The molecule has 0 spiro atoms. The van der Waals surface area contributed by atoms with Crippen molar-refractivity contribution in [2.45, 2.75) is 0 Å². The second-order valence-electron chi connectivity index (χ2n) is 4.86. The molecule has 0 atom stereocenters. The van der Waals surface area contributed by atoms with E-state index >= 15 is 0 Å². The van der Waals surface area contributed by atoms with Crippen LogP contribution in [0.1, 0.15) is 5.56 Å². The number of nitrogens with one attached hydrogen (secondary N) is 1. The Kier molecular flexibility index (Phi) is 6.15. The Bertz CT molecular complexity index is 857. The maximum Gasteiger partial charge on any atom is 0.341 e. The number of aliphatic carboxylic acids is 1. The van der Waals surface area contributed by atoms with Gasteiger partial charge in [-0.05, 0) is 35.9 Å². The molecule has 2 aromatic carbocycles. The SMILES string of the molecule is N#C/C(=C\c1ccc(OCC(=O)O)c(Cl)c1)C(=O)Nc1ccccc1. The van der Waals surface area contributed by atoms with Gasteiger partial charge < -0.3 is 15.2 Å². The van der Waals surface area contributed by atoms with E-state index in [-0.39, 0.29) is 16.3 Å². The van der Waals surface area contributed by atoms with Crippen molar-refractivity contribution >= 4 is 35.2 Å². The van der Waals surface area contributed by atoms with E-state index in [2.05, 4.69) is 5.32 Å². The van der Waals surface area contributed by atoms with E-state index in [1.165, 1.54) is 18.2 Å². The minimum atomic E-state index is -1.12. The molecule has 0 bridgehead atoms.